The molecule has 2 unspecified atom stereocenters. The molecule has 1 aliphatic carbocycles. The summed E-state index contributed by atoms with van der Waals surface area (Å²) < 4.78 is 11.2. The maximum Gasteiger partial charge on any atom is 0.119 e. The molecule has 0 heterocycles. The monoisotopic (exact) mass is 222 g/mol. The maximum atomic E-state index is 9.55. The highest BCUT2D eigenvalue weighted by atomic mass is 16.5. The number of hydrogen-bond acceptors (Lipinski definition) is 3. The molecule has 3 nitrogen and oxygen atoms in total. The molecule has 1 aromatic rings. The minimum Gasteiger partial charge on any atom is -0.508 e. The van der Waals surface area contributed by atoms with Crippen LogP contribution in [0.3, 0.4) is 0 Å². The van der Waals surface area contributed by atoms with Gasteiger partial charge in [0.15, 0.2) is 0 Å². The predicted molar refractivity (Wildman–Crippen MR) is 61.4 cm³/mol. The Labute approximate surface area is 96.0 Å². The normalized spacial score (nSPS) is 29.5. The third-order valence-electron chi connectivity index (χ3n) is 3.52. The van der Waals surface area contributed by atoms with Crippen molar-refractivity contribution in [3.8, 4) is 5.75 Å². The van der Waals surface area contributed by atoms with Crippen LogP contribution in [0.1, 0.15) is 24.8 Å². The van der Waals surface area contributed by atoms with Gasteiger partial charge in [0.1, 0.15) is 11.4 Å². The fourth-order valence-corrected chi connectivity index (χ4v) is 2.70. The van der Waals surface area contributed by atoms with Crippen molar-refractivity contribution < 1.29 is 14.6 Å². The molecule has 0 radical (unpaired) electrons. The first-order valence-corrected chi connectivity index (χ1v) is 5.60. The van der Waals surface area contributed by atoms with E-state index in [1.54, 1.807) is 26.4 Å². The Morgan fingerprint density at radius 2 is 2.19 bits per heavy atom. The molecule has 2 rings (SSSR count). The van der Waals surface area contributed by atoms with Crippen molar-refractivity contribution in [1.82, 2.24) is 0 Å². The second-order valence-corrected chi connectivity index (χ2v) is 4.26. The Morgan fingerprint density at radius 3 is 2.81 bits per heavy atom. The molecule has 0 spiro atoms. The SMILES string of the molecule is COC1CCCC1(OC)c1cccc(O)c1. The largest absolute Gasteiger partial charge is 0.508 e. The van der Waals surface area contributed by atoms with Crippen molar-refractivity contribution in [3.05, 3.63) is 29.8 Å². The molecule has 0 aliphatic heterocycles. The molecule has 1 aromatic carbocycles. The lowest BCUT2D eigenvalue weighted by Gasteiger charge is -2.33. The Hall–Kier alpha value is -1.06. The maximum absolute atomic E-state index is 9.55. The van der Waals surface area contributed by atoms with Gasteiger partial charge in [0.25, 0.3) is 0 Å². The summed E-state index contributed by atoms with van der Waals surface area (Å²) in [6.07, 6.45) is 3.09. The number of benzene rings is 1. The molecule has 16 heavy (non-hydrogen) atoms. The highest BCUT2D eigenvalue weighted by Crippen LogP contribution is 2.43. The molecular weight excluding hydrogens is 204 g/mol. The zero-order valence-electron chi connectivity index (χ0n) is 9.77. The second kappa shape index (κ2) is 4.44. The zero-order chi connectivity index (χ0) is 11.6. The summed E-state index contributed by atoms with van der Waals surface area (Å²) in [5.41, 5.74) is 0.604. The third-order valence-corrected chi connectivity index (χ3v) is 3.52. The Balaban J connectivity index is 2.41. The number of hydrogen-bond donors (Lipinski definition) is 1. The Bertz CT molecular complexity index is 364. The molecule has 1 N–H and O–H groups in total. The zero-order valence-corrected chi connectivity index (χ0v) is 9.77. The average Bonchev–Trinajstić information content (AvgIpc) is 2.73. The van der Waals surface area contributed by atoms with Gasteiger partial charge in [0, 0.05) is 14.2 Å². The Kier molecular flexibility index (Phi) is 3.17. The molecule has 2 atom stereocenters. The van der Waals surface area contributed by atoms with Gasteiger partial charge in [-0.2, -0.15) is 0 Å². The number of aromatic hydroxyl groups is 1. The summed E-state index contributed by atoms with van der Waals surface area (Å²) in [7, 11) is 3.42. The van der Waals surface area contributed by atoms with Gasteiger partial charge >= 0.3 is 0 Å². The van der Waals surface area contributed by atoms with Crippen LogP contribution in [0.25, 0.3) is 0 Å². The first kappa shape index (κ1) is 11.4. The molecule has 1 aliphatic rings. The van der Waals surface area contributed by atoms with Gasteiger partial charge in [-0.25, -0.2) is 0 Å². The summed E-state index contributed by atoms with van der Waals surface area (Å²) in [6, 6.07) is 7.27. The van der Waals surface area contributed by atoms with Crippen LogP contribution in [-0.2, 0) is 15.1 Å². The number of methoxy groups -OCH3 is 2. The van der Waals surface area contributed by atoms with Crippen molar-refractivity contribution in [2.45, 2.75) is 31.0 Å². The van der Waals surface area contributed by atoms with Crippen molar-refractivity contribution in [2.75, 3.05) is 14.2 Å². The van der Waals surface area contributed by atoms with Gasteiger partial charge in [-0.3, -0.25) is 0 Å². The van der Waals surface area contributed by atoms with E-state index in [2.05, 4.69) is 0 Å². The van der Waals surface area contributed by atoms with E-state index in [1.165, 1.54) is 0 Å². The smallest absolute Gasteiger partial charge is 0.119 e. The number of phenols is 1. The fraction of sp³-hybridized carbons (Fsp3) is 0.538. The molecular formula is C13H18O3. The van der Waals surface area contributed by atoms with Gasteiger partial charge in [0.2, 0.25) is 0 Å². The molecule has 3 heteroatoms. The second-order valence-electron chi connectivity index (χ2n) is 4.26. The van der Waals surface area contributed by atoms with E-state index in [9.17, 15) is 5.11 Å². The number of phenolic OH excluding ortho intramolecular Hbond substituents is 1. The number of ether oxygens (including phenoxy) is 2. The summed E-state index contributed by atoms with van der Waals surface area (Å²) in [4.78, 5) is 0. The molecule has 88 valence electrons. The van der Waals surface area contributed by atoms with Crippen LogP contribution in [0.15, 0.2) is 24.3 Å². The van der Waals surface area contributed by atoms with Crippen molar-refractivity contribution in [3.63, 3.8) is 0 Å². The summed E-state index contributed by atoms with van der Waals surface area (Å²) in [5, 5.41) is 9.55. The third kappa shape index (κ3) is 1.70. The number of rotatable bonds is 3. The lowest BCUT2D eigenvalue weighted by molar-refractivity contribution is -0.104. The predicted octanol–water partition coefficient (Wildman–Crippen LogP) is 2.43. The van der Waals surface area contributed by atoms with Gasteiger partial charge in [0.05, 0.1) is 6.10 Å². The summed E-state index contributed by atoms with van der Waals surface area (Å²) >= 11 is 0. The van der Waals surface area contributed by atoms with Crippen molar-refractivity contribution in [1.29, 1.82) is 0 Å². The average molecular weight is 222 g/mol. The lowest BCUT2D eigenvalue weighted by Crippen LogP contribution is -2.37. The van der Waals surface area contributed by atoms with Crippen molar-refractivity contribution in [2.24, 2.45) is 0 Å². The molecule has 0 aromatic heterocycles. The molecule has 0 saturated heterocycles. The van der Waals surface area contributed by atoms with Crippen LogP contribution < -0.4 is 0 Å². The summed E-state index contributed by atoms with van der Waals surface area (Å²) in [6.45, 7) is 0. The van der Waals surface area contributed by atoms with Crippen LogP contribution >= 0.6 is 0 Å². The van der Waals surface area contributed by atoms with Crippen LogP contribution in [0.5, 0.6) is 5.75 Å². The fourth-order valence-electron chi connectivity index (χ4n) is 2.70. The first-order valence-electron chi connectivity index (χ1n) is 5.60. The molecule has 1 saturated carbocycles. The van der Waals surface area contributed by atoms with Crippen LogP contribution in [0.2, 0.25) is 0 Å². The minimum absolute atomic E-state index is 0.0688. The lowest BCUT2D eigenvalue weighted by atomic mass is 9.89. The Morgan fingerprint density at radius 1 is 1.38 bits per heavy atom. The van der Waals surface area contributed by atoms with Gasteiger partial charge in [-0.1, -0.05) is 12.1 Å². The van der Waals surface area contributed by atoms with Gasteiger partial charge < -0.3 is 14.6 Å². The van der Waals surface area contributed by atoms with E-state index < -0.39 is 5.60 Å². The molecule has 1 fully saturated rings. The standard InChI is InChI=1S/C13H18O3/c1-15-12-7-4-8-13(12,16-2)10-5-3-6-11(14)9-10/h3,5-6,9,12,14H,4,7-8H2,1-2H3. The van der Waals surface area contributed by atoms with E-state index in [1.807, 2.05) is 12.1 Å². The molecule has 0 bridgehead atoms. The van der Waals surface area contributed by atoms with E-state index in [-0.39, 0.29) is 11.9 Å². The minimum atomic E-state index is -0.395. The van der Waals surface area contributed by atoms with Crippen LogP contribution in [0.4, 0.5) is 0 Å². The van der Waals surface area contributed by atoms with Crippen LogP contribution in [0, 0.1) is 0 Å². The summed E-state index contributed by atoms with van der Waals surface area (Å²) in [5.74, 6) is 0.274. The van der Waals surface area contributed by atoms with Crippen molar-refractivity contribution >= 4 is 0 Å². The van der Waals surface area contributed by atoms with Gasteiger partial charge in [-0.15, -0.1) is 0 Å². The topological polar surface area (TPSA) is 38.7 Å². The first-order chi connectivity index (χ1) is 7.73. The van der Waals surface area contributed by atoms with E-state index >= 15 is 0 Å². The van der Waals surface area contributed by atoms with E-state index in [0.717, 1.165) is 24.8 Å². The quantitative estimate of drug-likeness (QED) is 0.853. The highest BCUT2D eigenvalue weighted by molar-refractivity contribution is 5.33. The molecule has 0 amide bonds. The van der Waals surface area contributed by atoms with E-state index in [0.29, 0.717) is 0 Å². The van der Waals surface area contributed by atoms with Gasteiger partial charge in [-0.05, 0) is 37.0 Å². The van der Waals surface area contributed by atoms with Crippen LogP contribution in [-0.4, -0.2) is 25.4 Å². The highest BCUT2D eigenvalue weighted by Gasteiger charge is 2.45. The van der Waals surface area contributed by atoms with E-state index in [4.69, 9.17) is 9.47 Å².